The van der Waals surface area contributed by atoms with Crippen molar-refractivity contribution >= 4 is 29.6 Å². The van der Waals surface area contributed by atoms with Gasteiger partial charge in [-0.3, -0.25) is 19.9 Å². The second-order valence-corrected chi connectivity index (χ2v) is 9.92. The Kier molecular flexibility index (Phi) is 14.2. The van der Waals surface area contributed by atoms with E-state index < -0.39 is 23.9 Å². The number of rotatable bonds is 9. The van der Waals surface area contributed by atoms with E-state index in [9.17, 15) is 29.3 Å². The summed E-state index contributed by atoms with van der Waals surface area (Å²) in [6.45, 7) is 6.43. The molecule has 0 aromatic heterocycles. The topological polar surface area (TPSA) is 199 Å². The van der Waals surface area contributed by atoms with E-state index >= 15 is 0 Å². The highest BCUT2D eigenvalue weighted by Crippen LogP contribution is 2.24. The SMILES string of the molecule is O=C(O)/C=C/C(=O)O.O=C(O)/C=C/C(=O)O.O=[N+]([O-])c1cccc(CN2CCC(CN3CCc4ccccc4C3)CC2)c1. The molecule has 13 nitrogen and oxygen atoms in total. The molecule has 0 bridgehead atoms. The molecule has 0 saturated carbocycles. The van der Waals surface area contributed by atoms with Gasteiger partial charge in [-0.15, -0.1) is 0 Å². The summed E-state index contributed by atoms with van der Waals surface area (Å²) in [5.41, 5.74) is 4.23. The molecule has 2 aliphatic rings. The third kappa shape index (κ3) is 14.0. The fourth-order valence-electron chi connectivity index (χ4n) is 4.71. The Morgan fingerprint density at radius 3 is 1.81 bits per heavy atom. The van der Waals surface area contributed by atoms with Gasteiger partial charge in [0.05, 0.1) is 4.92 Å². The molecule has 0 aliphatic carbocycles. The molecule has 2 aromatic carbocycles. The van der Waals surface area contributed by atoms with Gasteiger partial charge >= 0.3 is 23.9 Å². The number of non-ortho nitro benzene ring substituents is 1. The van der Waals surface area contributed by atoms with Crippen LogP contribution < -0.4 is 0 Å². The maximum absolute atomic E-state index is 10.9. The zero-order chi connectivity index (χ0) is 31.8. The molecular formula is C30H35N3O10. The number of benzene rings is 2. The van der Waals surface area contributed by atoms with Crippen LogP contribution in [0.5, 0.6) is 0 Å². The largest absolute Gasteiger partial charge is 0.478 e. The van der Waals surface area contributed by atoms with Crippen molar-refractivity contribution < 1.29 is 44.5 Å². The third-order valence-corrected chi connectivity index (χ3v) is 6.70. The monoisotopic (exact) mass is 597 g/mol. The van der Waals surface area contributed by atoms with E-state index in [2.05, 4.69) is 34.1 Å². The van der Waals surface area contributed by atoms with Gasteiger partial charge in [0.2, 0.25) is 0 Å². The lowest BCUT2D eigenvalue weighted by molar-refractivity contribution is -0.384. The van der Waals surface area contributed by atoms with Gasteiger partial charge < -0.3 is 20.4 Å². The fraction of sp³-hybridized carbons (Fsp3) is 0.333. The molecule has 1 fully saturated rings. The average molecular weight is 598 g/mol. The van der Waals surface area contributed by atoms with Gasteiger partial charge in [-0.25, -0.2) is 19.2 Å². The van der Waals surface area contributed by atoms with Gasteiger partial charge in [-0.05, 0) is 55.0 Å². The summed E-state index contributed by atoms with van der Waals surface area (Å²) in [6, 6.07) is 15.9. The predicted molar refractivity (Wildman–Crippen MR) is 155 cm³/mol. The first-order valence-corrected chi connectivity index (χ1v) is 13.5. The molecule has 230 valence electrons. The Labute approximate surface area is 248 Å². The van der Waals surface area contributed by atoms with Crippen LogP contribution >= 0.6 is 0 Å². The van der Waals surface area contributed by atoms with Gasteiger partial charge in [0.1, 0.15) is 0 Å². The Balaban J connectivity index is 0.000000334. The van der Waals surface area contributed by atoms with Crippen molar-refractivity contribution in [2.24, 2.45) is 5.92 Å². The van der Waals surface area contributed by atoms with Crippen LogP contribution in [0.3, 0.4) is 0 Å². The highest BCUT2D eigenvalue weighted by Gasteiger charge is 2.24. The molecule has 0 radical (unpaired) electrons. The molecule has 0 amide bonds. The number of hydrogen-bond donors (Lipinski definition) is 4. The van der Waals surface area contributed by atoms with Crippen molar-refractivity contribution in [3.63, 3.8) is 0 Å². The number of aliphatic carboxylic acids is 4. The maximum Gasteiger partial charge on any atom is 0.328 e. The van der Waals surface area contributed by atoms with Crippen LogP contribution in [0.1, 0.15) is 29.5 Å². The molecule has 0 unspecified atom stereocenters. The number of hydrogen-bond acceptors (Lipinski definition) is 8. The van der Waals surface area contributed by atoms with Crippen molar-refractivity contribution in [1.82, 2.24) is 9.80 Å². The van der Waals surface area contributed by atoms with Crippen LogP contribution in [0.15, 0.2) is 72.8 Å². The van der Waals surface area contributed by atoms with E-state index in [1.807, 2.05) is 6.07 Å². The summed E-state index contributed by atoms with van der Waals surface area (Å²) in [5, 5.41) is 42.2. The van der Waals surface area contributed by atoms with Crippen LogP contribution in [0.2, 0.25) is 0 Å². The molecule has 0 spiro atoms. The summed E-state index contributed by atoms with van der Waals surface area (Å²) in [7, 11) is 0. The molecule has 2 heterocycles. The number of fused-ring (bicyclic) bond motifs is 1. The van der Waals surface area contributed by atoms with Crippen molar-refractivity contribution in [3.05, 3.63) is 99.6 Å². The second-order valence-electron chi connectivity index (χ2n) is 9.92. The average Bonchev–Trinajstić information content (AvgIpc) is 2.97. The van der Waals surface area contributed by atoms with E-state index in [4.69, 9.17) is 20.4 Å². The predicted octanol–water partition coefficient (Wildman–Crippen LogP) is 3.29. The van der Waals surface area contributed by atoms with E-state index in [1.54, 1.807) is 18.2 Å². The molecule has 1 saturated heterocycles. The Morgan fingerprint density at radius 2 is 1.30 bits per heavy atom. The number of carboxylic acids is 4. The molecular weight excluding hydrogens is 562 g/mol. The normalized spacial score (nSPS) is 15.4. The minimum absolute atomic E-state index is 0.188. The molecule has 2 aliphatic heterocycles. The first-order chi connectivity index (χ1) is 20.4. The summed E-state index contributed by atoms with van der Waals surface area (Å²) < 4.78 is 0. The summed E-state index contributed by atoms with van der Waals surface area (Å²) in [5.74, 6) is -4.27. The smallest absolute Gasteiger partial charge is 0.328 e. The van der Waals surface area contributed by atoms with Crippen LogP contribution in [-0.2, 0) is 38.7 Å². The third-order valence-electron chi connectivity index (χ3n) is 6.70. The number of nitro groups is 1. The molecule has 4 rings (SSSR count). The standard InChI is InChI=1S/C22H27N3O2.2C4H4O4/c26-25(27)22-7-3-4-19(14-22)16-23-11-8-18(9-12-23)15-24-13-10-20-5-1-2-6-21(20)17-24;2*5-3(6)1-2-4(7)8/h1-7,14,18H,8-13,15-17H2;2*1-2H,(H,5,6)(H,7,8)/b;2*2-1+. The van der Waals surface area contributed by atoms with Crippen molar-refractivity contribution in [2.45, 2.75) is 32.4 Å². The van der Waals surface area contributed by atoms with Crippen LogP contribution in [0.4, 0.5) is 5.69 Å². The summed E-state index contributed by atoms with van der Waals surface area (Å²) >= 11 is 0. The van der Waals surface area contributed by atoms with E-state index in [1.165, 1.54) is 43.5 Å². The molecule has 13 heteroatoms. The maximum atomic E-state index is 10.9. The Hall–Kier alpha value is -4.88. The van der Waals surface area contributed by atoms with Crippen LogP contribution in [0.25, 0.3) is 0 Å². The lowest BCUT2D eigenvalue weighted by Crippen LogP contribution is -2.40. The number of carbonyl (C=O) groups is 4. The minimum atomic E-state index is -1.26. The first kappa shape index (κ1) is 34.3. The second kappa shape index (κ2) is 17.8. The Bertz CT molecular complexity index is 1270. The van der Waals surface area contributed by atoms with Gasteiger partial charge in [-0.1, -0.05) is 36.4 Å². The van der Waals surface area contributed by atoms with E-state index in [0.29, 0.717) is 24.3 Å². The zero-order valence-corrected chi connectivity index (χ0v) is 23.4. The number of likely N-dealkylation sites (tertiary alicyclic amines) is 1. The number of nitro benzene ring substituents is 1. The van der Waals surface area contributed by atoms with Gasteiger partial charge in [0.15, 0.2) is 0 Å². The lowest BCUT2D eigenvalue weighted by atomic mass is 9.93. The molecule has 43 heavy (non-hydrogen) atoms. The molecule has 2 aromatic rings. The molecule has 4 N–H and O–H groups in total. The zero-order valence-electron chi connectivity index (χ0n) is 23.4. The number of carboxylic acid groups (broad SMARTS) is 4. The van der Waals surface area contributed by atoms with E-state index in [-0.39, 0.29) is 10.6 Å². The van der Waals surface area contributed by atoms with Crippen molar-refractivity contribution in [1.29, 1.82) is 0 Å². The summed E-state index contributed by atoms with van der Waals surface area (Å²) in [6.07, 6.45) is 5.83. The van der Waals surface area contributed by atoms with Gasteiger partial charge in [-0.2, -0.15) is 0 Å². The minimum Gasteiger partial charge on any atom is -0.478 e. The number of nitrogens with zero attached hydrogens (tertiary/aromatic N) is 3. The quantitative estimate of drug-likeness (QED) is 0.187. The number of piperidine rings is 1. The van der Waals surface area contributed by atoms with Gasteiger partial charge in [0, 0.05) is 62.6 Å². The molecule has 0 atom stereocenters. The Morgan fingerprint density at radius 1 is 0.767 bits per heavy atom. The fourth-order valence-corrected chi connectivity index (χ4v) is 4.71. The van der Waals surface area contributed by atoms with Crippen molar-refractivity contribution in [2.75, 3.05) is 26.2 Å². The summed E-state index contributed by atoms with van der Waals surface area (Å²) in [4.78, 5) is 53.9. The van der Waals surface area contributed by atoms with Crippen LogP contribution in [0, 0.1) is 16.0 Å². The van der Waals surface area contributed by atoms with E-state index in [0.717, 1.165) is 37.7 Å². The highest BCUT2D eigenvalue weighted by atomic mass is 16.6. The van der Waals surface area contributed by atoms with Gasteiger partial charge in [0.25, 0.3) is 5.69 Å². The first-order valence-electron chi connectivity index (χ1n) is 13.5. The van der Waals surface area contributed by atoms with Crippen LogP contribution in [-0.4, -0.2) is 85.2 Å². The highest BCUT2D eigenvalue weighted by molar-refractivity contribution is 5.90. The van der Waals surface area contributed by atoms with Crippen molar-refractivity contribution in [3.8, 4) is 0 Å². The lowest BCUT2D eigenvalue weighted by Gasteiger charge is -2.36.